The second-order valence-electron chi connectivity index (χ2n) is 6.63. The topological polar surface area (TPSA) is 20.2 Å². The molecule has 1 heteroatoms. The zero-order chi connectivity index (χ0) is 15.7. The first-order valence-electron chi connectivity index (χ1n) is 7.75. The van der Waals surface area contributed by atoms with Gasteiger partial charge in [0.05, 0.1) is 0 Å². The molecule has 1 N–H and O–H groups in total. The molecule has 0 bridgehead atoms. The summed E-state index contributed by atoms with van der Waals surface area (Å²) in [6, 6.07) is 10.8. The van der Waals surface area contributed by atoms with Gasteiger partial charge in [0.25, 0.3) is 0 Å². The number of phenols is 1. The Balaban J connectivity index is 2.74. The fraction of sp³-hybridized carbons (Fsp3) is 0.400. The molecular weight excluding hydrogens is 256 g/mol. The molecular formula is C20H26O. The molecule has 0 amide bonds. The quantitative estimate of drug-likeness (QED) is 0.740. The molecule has 0 aromatic heterocycles. The van der Waals surface area contributed by atoms with E-state index in [2.05, 4.69) is 58.9 Å². The van der Waals surface area contributed by atoms with Crippen LogP contribution in [0.4, 0.5) is 0 Å². The van der Waals surface area contributed by atoms with Gasteiger partial charge in [0.1, 0.15) is 5.75 Å². The number of benzene rings is 2. The van der Waals surface area contributed by atoms with E-state index in [1.54, 1.807) is 0 Å². The third-order valence-electron chi connectivity index (χ3n) is 4.10. The largest absolute Gasteiger partial charge is 0.507 e. The Bertz CT molecular complexity index is 651. The van der Waals surface area contributed by atoms with Crippen molar-refractivity contribution in [3.63, 3.8) is 0 Å². The number of aromatic hydroxyl groups is 1. The van der Waals surface area contributed by atoms with Gasteiger partial charge < -0.3 is 5.11 Å². The molecule has 2 aromatic carbocycles. The van der Waals surface area contributed by atoms with Crippen molar-refractivity contribution in [3.8, 4) is 16.9 Å². The van der Waals surface area contributed by atoms with Crippen molar-refractivity contribution in [2.75, 3.05) is 0 Å². The first-order valence-corrected chi connectivity index (χ1v) is 7.75. The third-order valence-corrected chi connectivity index (χ3v) is 4.10. The van der Waals surface area contributed by atoms with Gasteiger partial charge in [0.2, 0.25) is 0 Å². The number of hydrogen-bond donors (Lipinski definition) is 1. The van der Waals surface area contributed by atoms with Crippen molar-refractivity contribution in [2.24, 2.45) is 0 Å². The maximum atomic E-state index is 10.5. The van der Waals surface area contributed by atoms with Crippen LogP contribution in [0, 0.1) is 13.8 Å². The Kier molecular flexibility index (Phi) is 4.41. The summed E-state index contributed by atoms with van der Waals surface area (Å²) in [6.07, 6.45) is 0. The fourth-order valence-corrected chi connectivity index (χ4v) is 2.84. The molecule has 0 aliphatic rings. The van der Waals surface area contributed by atoms with Crippen molar-refractivity contribution in [3.05, 3.63) is 52.6 Å². The minimum absolute atomic E-state index is 0.406. The van der Waals surface area contributed by atoms with Gasteiger partial charge in [0.15, 0.2) is 0 Å². The van der Waals surface area contributed by atoms with E-state index in [9.17, 15) is 5.11 Å². The van der Waals surface area contributed by atoms with Crippen molar-refractivity contribution in [2.45, 2.75) is 53.4 Å². The van der Waals surface area contributed by atoms with Gasteiger partial charge in [-0.2, -0.15) is 0 Å². The van der Waals surface area contributed by atoms with Crippen LogP contribution >= 0.6 is 0 Å². The molecule has 112 valence electrons. The summed E-state index contributed by atoms with van der Waals surface area (Å²) >= 11 is 0. The summed E-state index contributed by atoms with van der Waals surface area (Å²) in [5.74, 6) is 1.32. The molecule has 2 aromatic rings. The first kappa shape index (κ1) is 15.6. The van der Waals surface area contributed by atoms with Crippen LogP contribution < -0.4 is 0 Å². The van der Waals surface area contributed by atoms with E-state index in [1.165, 1.54) is 22.3 Å². The Labute approximate surface area is 128 Å². The number of aryl methyl sites for hydroxylation is 2. The van der Waals surface area contributed by atoms with Crippen LogP contribution in [0.25, 0.3) is 11.1 Å². The van der Waals surface area contributed by atoms with Crippen LogP contribution in [-0.4, -0.2) is 5.11 Å². The number of rotatable bonds is 3. The normalized spacial score (nSPS) is 11.4. The summed E-state index contributed by atoms with van der Waals surface area (Å²) in [5, 5.41) is 10.5. The van der Waals surface area contributed by atoms with Gasteiger partial charge >= 0.3 is 0 Å². The minimum Gasteiger partial charge on any atom is -0.507 e. The molecule has 0 radical (unpaired) electrons. The van der Waals surface area contributed by atoms with Gasteiger partial charge in [0, 0.05) is 5.56 Å². The molecule has 0 saturated carbocycles. The molecule has 2 rings (SSSR count). The number of hydrogen-bond acceptors (Lipinski definition) is 1. The van der Waals surface area contributed by atoms with Crippen LogP contribution in [0.1, 0.15) is 61.8 Å². The molecule has 0 saturated heterocycles. The predicted molar refractivity (Wildman–Crippen MR) is 91.2 cm³/mol. The standard InChI is InChI=1S/C20H26O/c1-12(2)16-7-8-17(13(3)4)18(11-16)19-10-14(5)9-15(6)20(19)21/h7-13,21H,1-6H3. The molecule has 0 heterocycles. The highest BCUT2D eigenvalue weighted by Gasteiger charge is 2.15. The van der Waals surface area contributed by atoms with Crippen molar-refractivity contribution >= 4 is 0 Å². The predicted octanol–water partition coefficient (Wildman–Crippen LogP) is 5.92. The summed E-state index contributed by atoms with van der Waals surface area (Å²) < 4.78 is 0. The fourth-order valence-electron chi connectivity index (χ4n) is 2.84. The van der Waals surface area contributed by atoms with Crippen molar-refractivity contribution < 1.29 is 5.11 Å². The molecule has 1 nitrogen and oxygen atoms in total. The van der Waals surface area contributed by atoms with Gasteiger partial charge in [-0.3, -0.25) is 0 Å². The van der Waals surface area contributed by atoms with Crippen molar-refractivity contribution in [1.29, 1.82) is 0 Å². The van der Waals surface area contributed by atoms with Gasteiger partial charge in [-0.1, -0.05) is 52.0 Å². The Morgan fingerprint density at radius 3 is 2.05 bits per heavy atom. The molecule has 0 aliphatic carbocycles. The summed E-state index contributed by atoms with van der Waals surface area (Å²) in [4.78, 5) is 0. The van der Waals surface area contributed by atoms with E-state index in [4.69, 9.17) is 0 Å². The lowest BCUT2D eigenvalue weighted by Crippen LogP contribution is -1.97. The maximum absolute atomic E-state index is 10.5. The zero-order valence-corrected chi connectivity index (χ0v) is 14.0. The Morgan fingerprint density at radius 2 is 1.48 bits per heavy atom. The SMILES string of the molecule is Cc1cc(C)c(O)c(-c2cc(C(C)C)ccc2C(C)C)c1. The van der Waals surface area contributed by atoms with E-state index in [-0.39, 0.29) is 0 Å². The van der Waals surface area contributed by atoms with Crippen LogP contribution in [0.3, 0.4) is 0 Å². The lowest BCUT2D eigenvalue weighted by molar-refractivity contribution is 0.473. The summed E-state index contributed by atoms with van der Waals surface area (Å²) in [5.41, 5.74) is 6.85. The van der Waals surface area contributed by atoms with Crippen LogP contribution in [0.5, 0.6) is 5.75 Å². The molecule has 0 fully saturated rings. The maximum Gasteiger partial charge on any atom is 0.126 e. The molecule has 0 aliphatic heterocycles. The summed E-state index contributed by atoms with van der Waals surface area (Å²) in [7, 11) is 0. The highest BCUT2D eigenvalue weighted by Crippen LogP contribution is 2.38. The number of phenolic OH excluding ortho intramolecular Hbond substituents is 1. The van der Waals surface area contributed by atoms with E-state index >= 15 is 0 Å². The van der Waals surface area contributed by atoms with E-state index < -0.39 is 0 Å². The van der Waals surface area contributed by atoms with E-state index in [1.807, 2.05) is 13.0 Å². The third kappa shape index (κ3) is 3.12. The van der Waals surface area contributed by atoms with Gasteiger partial charge in [-0.05, 0) is 59.6 Å². The van der Waals surface area contributed by atoms with Crippen molar-refractivity contribution in [1.82, 2.24) is 0 Å². The van der Waals surface area contributed by atoms with E-state index in [0.717, 1.165) is 11.1 Å². The average Bonchev–Trinajstić information content (AvgIpc) is 2.41. The van der Waals surface area contributed by atoms with Gasteiger partial charge in [-0.15, -0.1) is 0 Å². The molecule has 0 atom stereocenters. The van der Waals surface area contributed by atoms with Gasteiger partial charge in [-0.25, -0.2) is 0 Å². The van der Waals surface area contributed by atoms with Crippen LogP contribution in [0.15, 0.2) is 30.3 Å². The first-order chi connectivity index (χ1) is 9.81. The van der Waals surface area contributed by atoms with Crippen LogP contribution in [0.2, 0.25) is 0 Å². The highest BCUT2D eigenvalue weighted by atomic mass is 16.3. The second kappa shape index (κ2) is 5.93. The Hall–Kier alpha value is -1.76. The molecule has 0 spiro atoms. The smallest absolute Gasteiger partial charge is 0.126 e. The monoisotopic (exact) mass is 282 g/mol. The molecule has 21 heavy (non-hydrogen) atoms. The highest BCUT2D eigenvalue weighted by molar-refractivity contribution is 5.76. The Morgan fingerprint density at radius 1 is 0.810 bits per heavy atom. The lowest BCUT2D eigenvalue weighted by atomic mass is 9.87. The summed E-state index contributed by atoms with van der Waals surface area (Å²) in [6.45, 7) is 12.9. The zero-order valence-electron chi connectivity index (χ0n) is 14.0. The minimum atomic E-state index is 0.406. The molecule has 0 unspecified atom stereocenters. The van der Waals surface area contributed by atoms with Crippen LogP contribution in [-0.2, 0) is 0 Å². The average molecular weight is 282 g/mol. The second-order valence-corrected chi connectivity index (χ2v) is 6.63. The lowest BCUT2D eigenvalue weighted by Gasteiger charge is -2.18. The van der Waals surface area contributed by atoms with E-state index in [0.29, 0.717) is 17.6 Å².